The number of aliphatic hydroxyl groups excluding tert-OH is 1. The Kier molecular flexibility index (Phi) is 3.19. The summed E-state index contributed by atoms with van der Waals surface area (Å²) >= 11 is 0. The van der Waals surface area contributed by atoms with E-state index >= 15 is 0 Å². The number of carboxylic acid groups (broad SMARTS) is 1. The fourth-order valence-electron chi connectivity index (χ4n) is 1.44. The molecule has 4 heteroatoms. The molecule has 1 aromatic rings. The van der Waals surface area contributed by atoms with E-state index in [0.29, 0.717) is 6.54 Å². The highest BCUT2D eigenvalue weighted by Crippen LogP contribution is 2.22. The molecule has 1 aromatic heterocycles. The van der Waals surface area contributed by atoms with Crippen LogP contribution in [0.15, 0.2) is 18.3 Å². The Bertz CT molecular complexity index is 352. The molecular weight excluding hydrogens is 194 g/mol. The van der Waals surface area contributed by atoms with E-state index < -0.39 is 17.5 Å². The SMILES string of the molecule is CC(O)c1cccn1CC(C)(C)C(=O)O. The highest BCUT2D eigenvalue weighted by Gasteiger charge is 2.28. The number of hydrogen-bond donors (Lipinski definition) is 2. The summed E-state index contributed by atoms with van der Waals surface area (Å²) in [6, 6.07) is 3.60. The van der Waals surface area contributed by atoms with Crippen LogP contribution in [0.25, 0.3) is 0 Å². The van der Waals surface area contributed by atoms with Crippen LogP contribution in [0.5, 0.6) is 0 Å². The maximum Gasteiger partial charge on any atom is 0.310 e. The first-order valence-corrected chi connectivity index (χ1v) is 4.91. The van der Waals surface area contributed by atoms with Gasteiger partial charge in [0.1, 0.15) is 0 Å². The summed E-state index contributed by atoms with van der Waals surface area (Å²) in [5, 5.41) is 18.5. The number of aliphatic carboxylic acids is 1. The summed E-state index contributed by atoms with van der Waals surface area (Å²) in [5.41, 5.74) is -0.0906. The smallest absolute Gasteiger partial charge is 0.310 e. The highest BCUT2D eigenvalue weighted by molar-refractivity contribution is 5.73. The maximum atomic E-state index is 11.0. The van der Waals surface area contributed by atoms with E-state index in [-0.39, 0.29) is 0 Å². The summed E-state index contributed by atoms with van der Waals surface area (Å²) in [4.78, 5) is 11.0. The summed E-state index contributed by atoms with van der Waals surface area (Å²) < 4.78 is 1.78. The zero-order valence-corrected chi connectivity index (χ0v) is 9.27. The Labute approximate surface area is 89.2 Å². The lowest BCUT2D eigenvalue weighted by Gasteiger charge is -2.22. The van der Waals surface area contributed by atoms with E-state index in [1.165, 1.54) is 0 Å². The third-order valence-electron chi connectivity index (χ3n) is 2.44. The van der Waals surface area contributed by atoms with Crippen LogP contribution in [0.4, 0.5) is 0 Å². The molecule has 1 unspecified atom stereocenters. The predicted molar refractivity (Wildman–Crippen MR) is 56.5 cm³/mol. The van der Waals surface area contributed by atoms with Gasteiger partial charge in [-0.3, -0.25) is 4.79 Å². The molecule has 0 aliphatic heterocycles. The van der Waals surface area contributed by atoms with Crippen molar-refractivity contribution in [3.8, 4) is 0 Å². The number of carbonyl (C=O) groups is 1. The van der Waals surface area contributed by atoms with E-state index in [4.69, 9.17) is 5.11 Å². The van der Waals surface area contributed by atoms with E-state index in [1.807, 2.05) is 0 Å². The lowest BCUT2D eigenvalue weighted by molar-refractivity contribution is -0.147. The van der Waals surface area contributed by atoms with Gasteiger partial charge in [0.15, 0.2) is 0 Å². The van der Waals surface area contributed by atoms with Gasteiger partial charge in [-0.1, -0.05) is 0 Å². The van der Waals surface area contributed by atoms with Gasteiger partial charge in [0, 0.05) is 18.4 Å². The molecule has 0 aliphatic rings. The number of carboxylic acids is 1. The molecule has 0 amide bonds. The van der Waals surface area contributed by atoms with Gasteiger partial charge in [-0.25, -0.2) is 0 Å². The van der Waals surface area contributed by atoms with Crippen molar-refractivity contribution in [2.24, 2.45) is 5.41 Å². The molecular formula is C11H17NO3. The topological polar surface area (TPSA) is 62.5 Å². The summed E-state index contributed by atoms with van der Waals surface area (Å²) in [6.07, 6.45) is 1.21. The molecule has 1 atom stereocenters. The lowest BCUT2D eigenvalue weighted by Crippen LogP contribution is -2.29. The number of hydrogen-bond acceptors (Lipinski definition) is 2. The summed E-state index contributed by atoms with van der Waals surface area (Å²) in [5.74, 6) is -0.840. The lowest BCUT2D eigenvalue weighted by atomic mass is 9.93. The summed E-state index contributed by atoms with van der Waals surface area (Å²) in [6.45, 7) is 5.36. The molecule has 0 spiro atoms. The molecule has 0 radical (unpaired) electrons. The van der Waals surface area contributed by atoms with Gasteiger partial charge in [-0.2, -0.15) is 0 Å². The maximum absolute atomic E-state index is 11.0. The van der Waals surface area contributed by atoms with Crippen molar-refractivity contribution in [1.29, 1.82) is 0 Å². The van der Waals surface area contributed by atoms with E-state index in [9.17, 15) is 9.90 Å². The summed E-state index contributed by atoms with van der Waals surface area (Å²) in [7, 11) is 0. The molecule has 2 N–H and O–H groups in total. The van der Waals surface area contributed by atoms with Crippen LogP contribution < -0.4 is 0 Å². The van der Waals surface area contributed by atoms with Crippen LogP contribution in [0.1, 0.15) is 32.6 Å². The van der Waals surface area contributed by atoms with Crippen molar-refractivity contribution in [3.05, 3.63) is 24.0 Å². The molecule has 1 rings (SSSR count). The van der Waals surface area contributed by atoms with Crippen molar-refractivity contribution in [3.63, 3.8) is 0 Å². The first-order chi connectivity index (χ1) is 6.84. The first kappa shape index (κ1) is 11.8. The largest absolute Gasteiger partial charge is 0.481 e. The normalized spacial score (nSPS) is 13.9. The van der Waals surface area contributed by atoms with Crippen molar-refractivity contribution in [2.45, 2.75) is 33.4 Å². The average molecular weight is 211 g/mol. The first-order valence-electron chi connectivity index (χ1n) is 4.91. The molecule has 15 heavy (non-hydrogen) atoms. The Hall–Kier alpha value is -1.29. The molecule has 0 aromatic carbocycles. The Morgan fingerprint density at radius 1 is 1.60 bits per heavy atom. The molecule has 84 valence electrons. The molecule has 0 aliphatic carbocycles. The second-order valence-corrected chi connectivity index (χ2v) is 4.43. The Morgan fingerprint density at radius 3 is 2.67 bits per heavy atom. The van der Waals surface area contributed by atoms with Gasteiger partial charge in [0.25, 0.3) is 0 Å². The molecule has 0 saturated carbocycles. The Balaban J connectivity index is 2.90. The van der Waals surface area contributed by atoms with Crippen LogP contribution in [-0.2, 0) is 11.3 Å². The van der Waals surface area contributed by atoms with Gasteiger partial charge >= 0.3 is 5.97 Å². The van der Waals surface area contributed by atoms with Crippen molar-refractivity contribution >= 4 is 5.97 Å². The highest BCUT2D eigenvalue weighted by atomic mass is 16.4. The van der Waals surface area contributed by atoms with Crippen LogP contribution in [0, 0.1) is 5.41 Å². The van der Waals surface area contributed by atoms with Gasteiger partial charge in [0.2, 0.25) is 0 Å². The van der Waals surface area contributed by atoms with Crippen LogP contribution in [0.3, 0.4) is 0 Å². The molecule has 0 saturated heterocycles. The minimum atomic E-state index is -0.840. The number of aliphatic hydroxyl groups is 1. The monoisotopic (exact) mass is 211 g/mol. The zero-order chi connectivity index (χ0) is 11.6. The molecule has 0 bridgehead atoms. The van der Waals surface area contributed by atoms with Gasteiger partial charge in [-0.05, 0) is 32.9 Å². The van der Waals surface area contributed by atoms with Crippen LogP contribution in [-0.4, -0.2) is 20.7 Å². The van der Waals surface area contributed by atoms with E-state index in [0.717, 1.165) is 5.69 Å². The molecule has 1 heterocycles. The second kappa shape index (κ2) is 4.06. The average Bonchev–Trinajstić information content (AvgIpc) is 2.51. The third kappa shape index (κ3) is 2.59. The number of aromatic nitrogens is 1. The minimum Gasteiger partial charge on any atom is -0.481 e. The van der Waals surface area contributed by atoms with Crippen LogP contribution in [0.2, 0.25) is 0 Å². The standard InChI is InChI=1S/C11H17NO3/c1-8(13)9-5-4-6-12(9)7-11(2,3)10(14)15/h4-6,8,13H,7H2,1-3H3,(H,14,15). The Morgan fingerprint density at radius 2 is 2.20 bits per heavy atom. The minimum absolute atomic E-state index is 0.357. The predicted octanol–water partition coefficient (Wildman–Crippen LogP) is 1.65. The third-order valence-corrected chi connectivity index (χ3v) is 2.44. The van der Waals surface area contributed by atoms with Gasteiger partial charge in [-0.15, -0.1) is 0 Å². The van der Waals surface area contributed by atoms with Gasteiger partial charge in [0.05, 0.1) is 11.5 Å². The van der Waals surface area contributed by atoms with Crippen molar-refractivity contribution in [2.75, 3.05) is 0 Å². The van der Waals surface area contributed by atoms with Crippen molar-refractivity contribution < 1.29 is 15.0 Å². The van der Waals surface area contributed by atoms with E-state index in [2.05, 4.69) is 0 Å². The molecule has 0 fully saturated rings. The number of nitrogens with zero attached hydrogens (tertiary/aromatic N) is 1. The second-order valence-electron chi connectivity index (χ2n) is 4.43. The number of rotatable bonds is 4. The fraction of sp³-hybridized carbons (Fsp3) is 0.545. The fourth-order valence-corrected chi connectivity index (χ4v) is 1.44. The zero-order valence-electron chi connectivity index (χ0n) is 9.27. The van der Waals surface area contributed by atoms with Gasteiger partial charge < -0.3 is 14.8 Å². The van der Waals surface area contributed by atoms with Crippen LogP contribution >= 0.6 is 0 Å². The van der Waals surface area contributed by atoms with Crippen molar-refractivity contribution in [1.82, 2.24) is 4.57 Å². The quantitative estimate of drug-likeness (QED) is 0.796. The molecule has 4 nitrogen and oxygen atoms in total. The van der Waals surface area contributed by atoms with E-state index in [1.54, 1.807) is 43.7 Å².